The van der Waals surface area contributed by atoms with Crippen LogP contribution < -0.4 is 5.49 Å². The van der Waals surface area contributed by atoms with Gasteiger partial charge in [0.05, 0.1) is 16.8 Å². The van der Waals surface area contributed by atoms with E-state index in [1.807, 2.05) is 45.9 Å². The van der Waals surface area contributed by atoms with Gasteiger partial charge in [0.25, 0.3) is 0 Å². The summed E-state index contributed by atoms with van der Waals surface area (Å²) in [5.41, 5.74) is 3.18. The van der Waals surface area contributed by atoms with Gasteiger partial charge in [-0.3, -0.25) is 19.9 Å². The van der Waals surface area contributed by atoms with Gasteiger partial charge in [0.1, 0.15) is 5.49 Å². The number of hydrogen-bond donors (Lipinski definition) is 2. The first-order valence-corrected chi connectivity index (χ1v) is 10.4. The summed E-state index contributed by atoms with van der Waals surface area (Å²) in [7, 11) is 0. The Hall–Kier alpha value is -2.32. The smallest absolute Gasteiger partial charge is 0.233 e. The number of nitrogens with one attached hydrogen (secondary N) is 2. The van der Waals surface area contributed by atoms with Crippen LogP contribution in [0.15, 0.2) is 23.4 Å². The lowest BCUT2D eigenvalue weighted by molar-refractivity contribution is -0.127. The van der Waals surface area contributed by atoms with E-state index in [1.54, 1.807) is 9.47 Å². The van der Waals surface area contributed by atoms with Gasteiger partial charge in [-0.1, -0.05) is 29.4 Å². The second-order valence-electron chi connectivity index (χ2n) is 6.41. The van der Waals surface area contributed by atoms with Gasteiger partial charge in [-0.2, -0.15) is 5.10 Å². The SMILES string of the molecule is CCN(CC)C(=O)CSc1nc2n[nH]c(C)c2c(=N)n1-c1ccc(C)c(Cl)c1. The number of hydrogen-bond acceptors (Lipinski definition) is 5. The Kier molecular flexibility index (Phi) is 6.10. The minimum absolute atomic E-state index is 0.0372. The Morgan fingerprint density at radius 3 is 2.68 bits per heavy atom. The van der Waals surface area contributed by atoms with Crippen molar-refractivity contribution in [2.75, 3.05) is 18.8 Å². The number of aromatic nitrogens is 4. The van der Waals surface area contributed by atoms with Crippen LogP contribution in [0, 0.1) is 19.3 Å². The van der Waals surface area contributed by atoms with Crippen molar-refractivity contribution in [3.63, 3.8) is 0 Å². The molecular formula is C19H23ClN6OS. The van der Waals surface area contributed by atoms with Gasteiger partial charge in [0.15, 0.2) is 10.8 Å². The zero-order chi connectivity index (χ0) is 20.4. The van der Waals surface area contributed by atoms with E-state index < -0.39 is 0 Å². The quantitative estimate of drug-likeness (QED) is 0.473. The fourth-order valence-corrected chi connectivity index (χ4v) is 4.07. The zero-order valence-electron chi connectivity index (χ0n) is 16.3. The lowest BCUT2D eigenvalue weighted by Crippen LogP contribution is -2.32. The van der Waals surface area contributed by atoms with E-state index in [9.17, 15) is 4.79 Å². The van der Waals surface area contributed by atoms with Crippen LogP contribution in [-0.2, 0) is 4.79 Å². The summed E-state index contributed by atoms with van der Waals surface area (Å²) in [6, 6.07) is 5.62. The summed E-state index contributed by atoms with van der Waals surface area (Å²) in [5.74, 6) is 0.276. The molecule has 3 aromatic rings. The van der Waals surface area contributed by atoms with Crippen LogP contribution in [0.2, 0.25) is 5.02 Å². The highest BCUT2D eigenvalue weighted by Gasteiger charge is 2.18. The van der Waals surface area contributed by atoms with E-state index in [0.29, 0.717) is 34.3 Å². The van der Waals surface area contributed by atoms with Crippen molar-refractivity contribution >= 4 is 40.3 Å². The van der Waals surface area contributed by atoms with Gasteiger partial charge >= 0.3 is 0 Å². The first kappa shape index (κ1) is 20.4. The second kappa shape index (κ2) is 8.36. The summed E-state index contributed by atoms with van der Waals surface area (Å²) in [6.07, 6.45) is 0. The van der Waals surface area contributed by atoms with Crippen molar-refractivity contribution in [3.8, 4) is 5.69 Å². The highest BCUT2D eigenvalue weighted by Crippen LogP contribution is 2.25. The van der Waals surface area contributed by atoms with Gasteiger partial charge in [-0.25, -0.2) is 4.98 Å². The summed E-state index contributed by atoms with van der Waals surface area (Å²) in [4.78, 5) is 18.9. The highest BCUT2D eigenvalue weighted by atomic mass is 35.5. The Labute approximate surface area is 172 Å². The van der Waals surface area contributed by atoms with E-state index in [2.05, 4.69) is 15.2 Å². The molecule has 148 valence electrons. The molecule has 0 radical (unpaired) electrons. The predicted octanol–water partition coefficient (Wildman–Crippen LogP) is 3.46. The average molecular weight is 419 g/mol. The Balaban J connectivity index is 2.11. The van der Waals surface area contributed by atoms with Crippen molar-refractivity contribution in [1.82, 2.24) is 24.6 Å². The van der Waals surface area contributed by atoms with Crippen LogP contribution in [0.1, 0.15) is 25.1 Å². The number of carbonyl (C=O) groups excluding carboxylic acids is 1. The van der Waals surface area contributed by atoms with Crippen molar-refractivity contribution < 1.29 is 4.79 Å². The molecule has 0 saturated carbocycles. The molecule has 0 saturated heterocycles. The van der Waals surface area contributed by atoms with Crippen LogP contribution in [0.25, 0.3) is 16.7 Å². The van der Waals surface area contributed by atoms with Gasteiger partial charge < -0.3 is 4.90 Å². The lowest BCUT2D eigenvalue weighted by Gasteiger charge is -2.19. The average Bonchev–Trinajstić information content (AvgIpc) is 3.04. The molecule has 0 fully saturated rings. The lowest BCUT2D eigenvalue weighted by atomic mass is 10.2. The van der Waals surface area contributed by atoms with Crippen LogP contribution in [0.5, 0.6) is 0 Å². The maximum Gasteiger partial charge on any atom is 0.233 e. The number of aromatic amines is 1. The van der Waals surface area contributed by atoms with E-state index >= 15 is 0 Å². The number of benzene rings is 1. The van der Waals surface area contributed by atoms with Gasteiger partial charge in [0.2, 0.25) is 5.91 Å². The molecule has 0 aliphatic heterocycles. The maximum atomic E-state index is 12.5. The topological polar surface area (TPSA) is 90.7 Å². The Morgan fingerprint density at radius 2 is 2.04 bits per heavy atom. The van der Waals surface area contributed by atoms with E-state index in [1.165, 1.54) is 11.8 Å². The molecule has 0 spiro atoms. The standard InChI is InChI=1S/C19H23ClN6OS/c1-5-25(6-2)15(27)10-28-19-22-18-16(12(4)23-24-18)17(21)26(19)13-8-7-11(3)14(20)9-13/h7-9,21H,5-6,10H2,1-4H3,(H,23,24). The normalized spacial score (nSPS) is 11.2. The van der Waals surface area contributed by atoms with Crippen LogP contribution in [-0.4, -0.2) is 49.4 Å². The number of carbonyl (C=O) groups is 1. The van der Waals surface area contributed by atoms with E-state index in [4.69, 9.17) is 17.0 Å². The van der Waals surface area contributed by atoms with Crippen molar-refractivity contribution in [1.29, 1.82) is 5.41 Å². The van der Waals surface area contributed by atoms with Crippen molar-refractivity contribution in [2.45, 2.75) is 32.9 Å². The zero-order valence-corrected chi connectivity index (χ0v) is 17.9. The number of H-pyrrole nitrogens is 1. The maximum absolute atomic E-state index is 12.5. The molecule has 3 rings (SSSR count). The predicted molar refractivity (Wildman–Crippen MR) is 112 cm³/mol. The number of amides is 1. The fraction of sp³-hybridized carbons (Fsp3) is 0.368. The van der Waals surface area contributed by atoms with Crippen LogP contribution >= 0.6 is 23.4 Å². The second-order valence-corrected chi connectivity index (χ2v) is 7.76. The van der Waals surface area contributed by atoms with Gasteiger partial charge in [-0.05, 0) is 45.4 Å². The Morgan fingerprint density at radius 1 is 1.32 bits per heavy atom. The number of halogens is 1. The van der Waals surface area contributed by atoms with Crippen LogP contribution in [0.4, 0.5) is 0 Å². The molecule has 28 heavy (non-hydrogen) atoms. The van der Waals surface area contributed by atoms with E-state index in [0.717, 1.165) is 16.9 Å². The third-order valence-corrected chi connectivity index (χ3v) is 5.97. The highest BCUT2D eigenvalue weighted by molar-refractivity contribution is 7.99. The molecule has 2 N–H and O–H groups in total. The largest absolute Gasteiger partial charge is 0.343 e. The molecule has 0 bridgehead atoms. The first-order valence-electron chi connectivity index (χ1n) is 9.06. The molecule has 0 aliphatic rings. The third-order valence-electron chi connectivity index (χ3n) is 4.64. The minimum Gasteiger partial charge on any atom is -0.343 e. The number of nitrogens with zero attached hydrogens (tertiary/aromatic N) is 4. The molecular weight excluding hydrogens is 396 g/mol. The number of thioether (sulfide) groups is 1. The first-order chi connectivity index (χ1) is 13.4. The fourth-order valence-electron chi connectivity index (χ4n) is 2.98. The van der Waals surface area contributed by atoms with Crippen molar-refractivity contribution in [2.24, 2.45) is 0 Å². The summed E-state index contributed by atoms with van der Waals surface area (Å²) >= 11 is 7.62. The summed E-state index contributed by atoms with van der Waals surface area (Å²) < 4.78 is 1.72. The monoisotopic (exact) mass is 418 g/mol. The molecule has 0 unspecified atom stereocenters. The summed E-state index contributed by atoms with van der Waals surface area (Å²) in [5, 5.41) is 17.6. The number of aryl methyl sites for hydroxylation is 2. The molecule has 9 heteroatoms. The van der Waals surface area contributed by atoms with Gasteiger partial charge in [-0.15, -0.1) is 0 Å². The molecule has 1 amide bonds. The minimum atomic E-state index is 0.0372. The van der Waals surface area contributed by atoms with E-state index in [-0.39, 0.29) is 17.1 Å². The molecule has 2 aromatic heterocycles. The number of fused-ring (bicyclic) bond motifs is 1. The molecule has 2 heterocycles. The molecule has 1 aromatic carbocycles. The van der Waals surface area contributed by atoms with Gasteiger partial charge in [0, 0.05) is 23.8 Å². The third kappa shape index (κ3) is 3.79. The summed E-state index contributed by atoms with van der Waals surface area (Å²) in [6.45, 7) is 9.03. The molecule has 0 atom stereocenters. The Bertz CT molecular complexity index is 1090. The van der Waals surface area contributed by atoms with Crippen LogP contribution in [0.3, 0.4) is 0 Å². The number of rotatable bonds is 6. The molecule has 7 nitrogen and oxygen atoms in total. The molecule has 0 aliphatic carbocycles. The van der Waals surface area contributed by atoms with Crippen molar-refractivity contribution in [3.05, 3.63) is 40.0 Å².